The van der Waals surface area contributed by atoms with Gasteiger partial charge in [0, 0.05) is 12.7 Å². The summed E-state index contributed by atoms with van der Waals surface area (Å²) >= 11 is 0. The number of hydrogen-bond acceptors (Lipinski definition) is 3. The van der Waals surface area contributed by atoms with Gasteiger partial charge in [0.25, 0.3) is 0 Å². The summed E-state index contributed by atoms with van der Waals surface area (Å²) in [4.78, 5) is 12.1. The van der Waals surface area contributed by atoms with Gasteiger partial charge in [-0.3, -0.25) is 0 Å². The summed E-state index contributed by atoms with van der Waals surface area (Å²) in [5, 5.41) is 0. The van der Waals surface area contributed by atoms with Crippen molar-refractivity contribution in [2.24, 2.45) is 5.92 Å². The Morgan fingerprint density at radius 2 is 2.11 bits per heavy atom. The fourth-order valence-corrected chi connectivity index (χ4v) is 2.52. The van der Waals surface area contributed by atoms with Gasteiger partial charge in [-0.2, -0.15) is 0 Å². The lowest BCUT2D eigenvalue weighted by Crippen LogP contribution is -2.24. The first-order valence-electron chi connectivity index (χ1n) is 6.76. The van der Waals surface area contributed by atoms with Gasteiger partial charge in [-0.05, 0) is 44.6 Å². The lowest BCUT2D eigenvalue weighted by Gasteiger charge is -2.26. The molecule has 2 rings (SSSR count). The minimum Gasteiger partial charge on any atom is -0.458 e. The van der Waals surface area contributed by atoms with E-state index in [1.165, 1.54) is 0 Å². The number of ether oxygens (including phenoxy) is 1. The molecule has 0 aliphatic heterocycles. The second-order valence-corrected chi connectivity index (χ2v) is 5.23. The minimum atomic E-state index is -0.242. The molecule has 1 aromatic rings. The highest BCUT2D eigenvalue weighted by Gasteiger charge is 2.23. The van der Waals surface area contributed by atoms with Crippen LogP contribution in [0.5, 0.6) is 0 Å². The molecule has 1 heterocycles. The van der Waals surface area contributed by atoms with Crippen molar-refractivity contribution in [3.8, 4) is 0 Å². The van der Waals surface area contributed by atoms with Crippen molar-refractivity contribution in [2.45, 2.75) is 52.2 Å². The van der Waals surface area contributed by atoms with Gasteiger partial charge in [0.05, 0.1) is 5.69 Å². The number of carbonyl (C=O) groups excluding carboxylic acids is 1. The van der Waals surface area contributed by atoms with Crippen molar-refractivity contribution < 1.29 is 9.53 Å². The number of nitrogens with two attached hydrogens (primary N) is 1. The molecule has 2 N–H and O–H groups in total. The van der Waals surface area contributed by atoms with E-state index < -0.39 is 0 Å². The monoisotopic (exact) mass is 250 g/mol. The molecule has 0 atom stereocenters. The van der Waals surface area contributed by atoms with E-state index in [1.807, 2.05) is 11.5 Å². The maximum Gasteiger partial charge on any atom is 0.355 e. The molecule has 0 saturated heterocycles. The van der Waals surface area contributed by atoms with E-state index in [1.54, 1.807) is 12.3 Å². The first-order valence-corrected chi connectivity index (χ1v) is 6.76. The van der Waals surface area contributed by atoms with E-state index in [9.17, 15) is 4.79 Å². The molecule has 4 heteroatoms. The molecule has 0 radical (unpaired) electrons. The van der Waals surface area contributed by atoms with Crippen LogP contribution in [-0.4, -0.2) is 16.6 Å². The van der Waals surface area contributed by atoms with Crippen LogP contribution in [0.4, 0.5) is 5.69 Å². The highest BCUT2D eigenvalue weighted by atomic mass is 16.5. The second-order valence-electron chi connectivity index (χ2n) is 5.23. The smallest absolute Gasteiger partial charge is 0.355 e. The van der Waals surface area contributed by atoms with E-state index in [0.29, 0.717) is 11.4 Å². The van der Waals surface area contributed by atoms with Crippen molar-refractivity contribution in [1.82, 2.24) is 4.57 Å². The molecule has 1 aromatic heterocycles. The standard InChI is InChI=1S/C14H22N2O2/c1-3-16-9-11(15)8-13(16)14(17)18-12-6-4-10(2)5-7-12/h8-10,12H,3-7,15H2,1-2H3. The van der Waals surface area contributed by atoms with Crippen LogP contribution < -0.4 is 5.73 Å². The molecule has 1 saturated carbocycles. The Kier molecular flexibility index (Phi) is 3.94. The van der Waals surface area contributed by atoms with Crippen LogP contribution in [0.3, 0.4) is 0 Å². The molecular weight excluding hydrogens is 228 g/mol. The average Bonchev–Trinajstić information content (AvgIpc) is 2.73. The number of nitrogens with zero attached hydrogens (tertiary/aromatic N) is 1. The van der Waals surface area contributed by atoms with E-state index in [0.717, 1.165) is 38.1 Å². The number of aryl methyl sites for hydroxylation is 1. The van der Waals surface area contributed by atoms with Gasteiger partial charge in [-0.1, -0.05) is 6.92 Å². The highest BCUT2D eigenvalue weighted by Crippen LogP contribution is 2.26. The summed E-state index contributed by atoms with van der Waals surface area (Å²) in [5.41, 5.74) is 6.89. The Morgan fingerprint density at radius 1 is 1.44 bits per heavy atom. The van der Waals surface area contributed by atoms with Crippen LogP contribution in [-0.2, 0) is 11.3 Å². The van der Waals surface area contributed by atoms with Crippen LogP contribution in [0.15, 0.2) is 12.3 Å². The quantitative estimate of drug-likeness (QED) is 0.839. The number of nitrogen functional groups attached to an aromatic ring is 1. The SMILES string of the molecule is CCn1cc(N)cc1C(=O)OC1CCC(C)CC1. The van der Waals surface area contributed by atoms with Gasteiger partial charge in [-0.15, -0.1) is 0 Å². The molecule has 1 fully saturated rings. The van der Waals surface area contributed by atoms with E-state index >= 15 is 0 Å². The molecule has 1 aliphatic rings. The zero-order chi connectivity index (χ0) is 13.1. The minimum absolute atomic E-state index is 0.0788. The molecule has 1 aliphatic carbocycles. The van der Waals surface area contributed by atoms with Gasteiger partial charge in [-0.25, -0.2) is 4.79 Å². The molecule has 0 unspecified atom stereocenters. The van der Waals surface area contributed by atoms with Crippen LogP contribution in [0, 0.1) is 5.92 Å². The molecule has 0 bridgehead atoms. The van der Waals surface area contributed by atoms with Crippen molar-refractivity contribution >= 4 is 11.7 Å². The number of rotatable bonds is 3. The van der Waals surface area contributed by atoms with Gasteiger partial charge in [0.2, 0.25) is 0 Å². The number of hydrogen-bond donors (Lipinski definition) is 1. The van der Waals surface area contributed by atoms with Crippen LogP contribution in [0.25, 0.3) is 0 Å². The zero-order valence-electron chi connectivity index (χ0n) is 11.2. The summed E-state index contributed by atoms with van der Waals surface area (Å²) in [6, 6.07) is 1.69. The lowest BCUT2D eigenvalue weighted by molar-refractivity contribution is 0.0162. The summed E-state index contributed by atoms with van der Waals surface area (Å²) in [6.45, 7) is 4.96. The first-order chi connectivity index (χ1) is 8.60. The Labute approximate surface area is 108 Å². The third-order valence-electron chi connectivity index (χ3n) is 3.70. The van der Waals surface area contributed by atoms with Crippen molar-refractivity contribution in [3.63, 3.8) is 0 Å². The molecule has 0 spiro atoms. The molecule has 0 amide bonds. The van der Waals surface area contributed by atoms with E-state index in [2.05, 4.69) is 6.92 Å². The zero-order valence-corrected chi connectivity index (χ0v) is 11.2. The Morgan fingerprint density at radius 3 is 2.72 bits per heavy atom. The number of carbonyl (C=O) groups is 1. The summed E-state index contributed by atoms with van der Waals surface area (Å²) in [5.74, 6) is 0.517. The third kappa shape index (κ3) is 2.86. The molecule has 4 nitrogen and oxygen atoms in total. The number of esters is 1. The fraction of sp³-hybridized carbons (Fsp3) is 0.643. The number of aromatic nitrogens is 1. The van der Waals surface area contributed by atoms with Crippen molar-refractivity contribution in [3.05, 3.63) is 18.0 Å². The van der Waals surface area contributed by atoms with Gasteiger partial charge < -0.3 is 15.0 Å². The summed E-state index contributed by atoms with van der Waals surface area (Å²) < 4.78 is 7.40. The van der Waals surface area contributed by atoms with Gasteiger partial charge in [0.15, 0.2) is 0 Å². The first kappa shape index (κ1) is 13.0. The van der Waals surface area contributed by atoms with Gasteiger partial charge >= 0.3 is 5.97 Å². The normalized spacial score (nSPS) is 23.9. The fourth-order valence-electron chi connectivity index (χ4n) is 2.52. The Bertz CT molecular complexity index is 417. The van der Waals surface area contributed by atoms with Crippen LogP contribution in [0.2, 0.25) is 0 Å². The third-order valence-corrected chi connectivity index (χ3v) is 3.70. The molecule has 100 valence electrons. The highest BCUT2D eigenvalue weighted by molar-refractivity contribution is 5.89. The largest absolute Gasteiger partial charge is 0.458 e. The number of anilines is 1. The molecule has 18 heavy (non-hydrogen) atoms. The Balaban J connectivity index is 1.99. The van der Waals surface area contributed by atoms with Crippen molar-refractivity contribution in [1.29, 1.82) is 0 Å². The molecular formula is C14H22N2O2. The predicted octanol–water partition coefficient (Wildman–Crippen LogP) is 2.83. The topological polar surface area (TPSA) is 57.2 Å². The van der Waals surface area contributed by atoms with Crippen molar-refractivity contribution in [2.75, 3.05) is 5.73 Å². The second kappa shape index (κ2) is 5.46. The lowest BCUT2D eigenvalue weighted by atomic mass is 9.89. The molecule has 0 aromatic carbocycles. The average molecular weight is 250 g/mol. The summed E-state index contributed by atoms with van der Waals surface area (Å²) in [7, 11) is 0. The van der Waals surface area contributed by atoms with E-state index in [4.69, 9.17) is 10.5 Å². The van der Waals surface area contributed by atoms with Crippen LogP contribution >= 0.6 is 0 Å². The Hall–Kier alpha value is -1.45. The maximum absolute atomic E-state index is 12.1. The predicted molar refractivity (Wildman–Crippen MR) is 71.4 cm³/mol. The summed E-state index contributed by atoms with van der Waals surface area (Å²) in [6.07, 6.45) is 6.11. The van der Waals surface area contributed by atoms with E-state index in [-0.39, 0.29) is 12.1 Å². The van der Waals surface area contributed by atoms with Crippen LogP contribution in [0.1, 0.15) is 50.0 Å². The van der Waals surface area contributed by atoms with Gasteiger partial charge in [0.1, 0.15) is 11.8 Å². The maximum atomic E-state index is 12.1.